The van der Waals surface area contributed by atoms with Crippen LogP contribution in [-0.4, -0.2) is 24.1 Å². The molecule has 2 aromatic rings. The molecule has 0 aliphatic heterocycles. The number of hydrogen-bond acceptors (Lipinski definition) is 4. The average molecular weight is 357 g/mol. The van der Waals surface area contributed by atoms with Gasteiger partial charge in [-0.05, 0) is 43.5 Å². The number of nitrogens with one attached hydrogen (secondary N) is 1. The van der Waals surface area contributed by atoms with Crippen molar-refractivity contribution >= 4 is 11.9 Å². The minimum atomic E-state index is -1.03. The molecule has 1 aliphatic rings. The third kappa shape index (κ3) is 3.31. The number of amides is 1. The second-order valence-electron chi connectivity index (χ2n) is 6.69. The van der Waals surface area contributed by atoms with Gasteiger partial charge in [0.05, 0.1) is 19.1 Å². The van der Waals surface area contributed by atoms with Crippen molar-refractivity contribution in [3.63, 3.8) is 0 Å². The predicted octanol–water partition coefficient (Wildman–Crippen LogP) is 3.42. The number of furan rings is 1. The highest BCUT2D eigenvalue weighted by Gasteiger charge is 2.42. The number of carboxylic acid groups (broad SMARTS) is 1. The van der Waals surface area contributed by atoms with E-state index in [1.807, 2.05) is 24.3 Å². The van der Waals surface area contributed by atoms with Gasteiger partial charge in [0.15, 0.2) is 0 Å². The van der Waals surface area contributed by atoms with Gasteiger partial charge in [0.25, 0.3) is 0 Å². The Bertz CT molecular complexity index is 800. The summed E-state index contributed by atoms with van der Waals surface area (Å²) in [5.74, 6) is 0.457. The van der Waals surface area contributed by atoms with Crippen LogP contribution in [0.1, 0.15) is 53.1 Å². The molecule has 2 N–H and O–H groups in total. The fourth-order valence-corrected chi connectivity index (χ4v) is 3.72. The van der Waals surface area contributed by atoms with Gasteiger partial charge in [0.1, 0.15) is 22.8 Å². The number of carbonyl (C=O) groups excluding carboxylic acids is 1. The Labute approximate surface area is 152 Å². The number of aromatic carboxylic acids is 1. The third-order valence-electron chi connectivity index (χ3n) is 5.16. The number of benzene rings is 1. The number of hydrogen-bond donors (Lipinski definition) is 2. The van der Waals surface area contributed by atoms with Crippen molar-refractivity contribution in [2.75, 3.05) is 7.11 Å². The molecule has 0 saturated heterocycles. The molecule has 0 unspecified atom stereocenters. The van der Waals surface area contributed by atoms with Gasteiger partial charge in [0, 0.05) is 0 Å². The molecule has 26 heavy (non-hydrogen) atoms. The maximum atomic E-state index is 13.0. The van der Waals surface area contributed by atoms with Crippen molar-refractivity contribution in [2.45, 2.75) is 44.6 Å². The predicted molar refractivity (Wildman–Crippen MR) is 95.4 cm³/mol. The standard InChI is InChI=1S/C20H23NO5/c1-13-17(18(22)23)11-16(26-13)12-21-19(24)20(9-3-4-10-20)14-5-7-15(25-2)8-6-14/h5-8,11H,3-4,9-10,12H2,1-2H3,(H,21,24)(H,22,23). The number of carboxylic acids is 1. The molecule has 6 nitrogen and oxygen atoms in total. The lowest BCUT2D eigenvalue weighted by Crippen LogP contribution is -2.42. The molecule has 1 amide bonds. The number of carbonyl (C=O) groups is 2. The zero-order chi connectivity index (χ0) is 18.7. The molecule has 0 radical (unpaired) electrons. The largest absolute Gasteiger partial charge is 0.497 e. The van der Waals surface area contributed by atoms with Gasteiger partial charge >= 0.3 is 5.97 Å². The highest BCUT2D eigenvalue weighted by Crippen LogP contribution is 2.41. The van der Waals surface area contributed by atoms with Crippen LogP contribution in [0.15, 0.2) is 34.7 Å². The SMILES string of the molecule is COc1ccc(C2(C(=O)NCc3cc(C(=O)O)c(C)o3)CCCC2)cc1. The van der Waals surface area contributed by atoms with E-state index in [1.165, 1.54) is 6.07 Å². The molecule has 1 aromatic heterocycles. The van der Waals surface area contributed by atoms with E-state index in [9.17, 15) is 9.59 Å². The Morgan fingerprint density at radius 3 is 2.42 bits per heavy atom. The van der Waals surface area contributed by atoms with E-state index in [1.54, 1.807) is 14.0 Å². The first-order valence-corrected chi connectivity index (χ1v) is 8.72. The van der Waals surface area contributed by atoms with Gasteiger partial charge < -0.3 is 19.6 Å². The van der Waals surface area contributed by atoms with E-state index in [0.29, 0.717) is 11.5 Å². The van der Waals surface area contributed by atoms with Crippen molar-refractivity contribution in [3.8, 4) is 5.75 Å². The van der Waals surface area contributed by atoms with Crippen molar-refractivity contribution in [1.82, 2.24) is 5.32 Å². The summed E-state index contributed by atoms with van der Waals surface area (Å²) in [6, 6.07) is 9.11. The van der Waals surface area contributed by atoms with Gasteiger partial charge in [-0.25, -0.2) is 4.79 Å². The quantitative estimate of drug-likeness (QED) is 0.827. The molecule has 1 heterocycles. The fraction of sp³-hybridized carbons (Fsp3) is 0.400. The minimum absolute atomic E-state index is 0.0499. The first kappa shape index (κ1) is 18.0. The molecule has 1 saturated carbocycles. The highest BCUT2D eigenvalue weighted by atomic mass is 16.5. The van der Waals surface area contributed by atoms with Crippen LogP contribution in [0.3, 0.4) is 0 Å². The fourth-order valence-electron chi connectivity index (χ4n) is 3.72. The van der Waals surface area contributed by atoms with E-state index < -0.39 is 11.4 Å². The molecule has 0 atom stereocenters. The zero-order valence-corrected chi connectivity index (χ0v) is 15.0. The van der Waals surface area contributed by atoms with Crippen molar-refractivity contribution in [3.05, 3.63) is 53.0 Å². The number of aryl methyl sites for hydroxylation is 1. The summed E-state index contributed by atoms with van der Waals surface area (Å²) in [5, 5.41) is 12.0. The van der Waals surface area contributed by atoms with Crippen LogP contribution in [-0.2, 0) is 16.8 Å². The molecule has 1 aliphatic carbocycles. The first-order valence-electron chi connectivity index (χ1n) is 8.72. The minimum Gasteiger partial charge on any atom is -0.497 e. The van der Waals surface area contributed by atoms with Crippen LogP contribution in [0.2, 0.25) is 0 Å². The van der Waals surface area contributed by atoms with Crippen LogP contribution < -0.4 is 10.1 Å². The van der Waals surface area contributed by atoms with E-state index in [0.717, 1.165) is 37.0 Å². The lowest BCUT2D eigenvalue weighted by atomic mass is 9.78. The topological polar surface area (TPSA) is 88.8 Å². The second kappa shape index (κ2) is 7.23. The molecule has 138 valence electrons. The van der Waals surface area contributed by atoms with E-state index in [2.05, 4.69) is 5.32 Å². The van der Waals surface area contributed by atoms with Crippen LogP contribution in [0.4, 0.5) is 0 Å². The lowest BCUT2D eigenvalue weighted by molar-refractivity contribution is -0.126. The maximum Gasteiger partial charge on any atom is 0.339 e. The van der Waals surface area contributed by atoms with Gasteiger partial charge in [-0.15, -0.1) is 0 Å². The van der Waals surface area contributed by atoms with Crippen LogP contribution in [0.25, 0.3) is 0 Å². The second-order valence-corrected chi connectivity index (χ2v) is 6.69. The van der Waals surface area contributed by atoms with Crippen molar-refractivity contribution < 1.29 is 23.8 Å². The average Bonchev–Trinajstić information content (AvgIpc) is 3.27. The first-order chi connectivity index (χ1) is 12.5. The summed E-state index contributed by atoms with van der Waals surface area (Å²) < 4.78 is 10.6. The molecule has 3 rings (SSSR count). The Balaban J connectivity index is 1.76. The van der Waals surface area contributed by atoms with Crippen LogP contribution in [0.5, 0.6) is 5.75 Å². The lowest BCUT2D eigenvalue weighted by Gasteiger charge is -2.28. The number of rotatable bonds is 6. The van der Waals surface area contributed by atoms with Gasteiger partial charge in [-0.3, -0.25) is 4.79 Å². The molecule has 1 aromatic carbocycles. The zero-order valence-electron chi connectivity index (χ0n) is 15.0. The van der Waals surface area contributed by atoms with Crippen molar-refractivity contribution in [2.24, 2.45) is 0 Å². The molecular weight excluding hydrogens is 334 g/mol. The summed E-state index contributed by atoms with van der Waals surface area (Å²) in [6.07, 6.45) is 3.59. The summed E-state index contributed by atoms with van der Waals surface area (Å²) >= 11 is 0. The van der Waals surface area contributed by atoms with E-state index in [-0.39, 0.29) is 18.0 Å². The Hall–Kier alpha value is -2.76. The summed E-state index contributed by atoms with van der Waals surface area (Å²) in [6.45, 7) is 1.77. The van der Waals surface area contributed by atoms with Gasteiger partial charge in [-0.1, -0.05) is 25.0 Å². The Kier molecular flexibility index (Phi) is 5.02. The van der Waals surface area contributed by atoms with E-state index in [4.69, 9.17) is 14.3 Å². The summed E-state index contributed by atoms with van der Waals surface area (Å²) in [4.78, 5) is 24.1. The Morgan fingerprint density at radius 1 is 1.23 bits per heavy atom. The van der Waals surface area contributed by atoms with Gasteiger partial charge in [0.2, 0.25) is 5.91 Å². The monoisotopic (exact) mass is 357 g/mol. The summed E-state index contributed by atoms with van der Waals surface area (Å²) in [7, 11) is 1.61. The molecule has 0 spiro atoms. The molecular formula is C20H23NO5. The number of methoxy groups -OCH3 is 1. The smallest absolute Gasteiger partial charge is 0.339 e. The van der Waals surface area contributed by atoms with Gasteiger partial charge in [-0.2, -0.15) is 0 Å². The maximum absolute atomic E-state index is 13.0. The Morgan fingerprint density at radius 2 is 1.88 bits per heavy atom. The highest BCUT2D eigenvalue weighted by molar-refractivity contribution is 5.89. The van der Waals surface area contributed by atoms with E-state index >= 15 is 0 Å². The van der Waals surface area contributed by atoms with Crippen LogP contribution in [0, 0.1) is 6.92 Å². The molecule has 0 bridgehead atoms. The van der Waals surface area contributed by atoms with Crippen LogP contribution >= 0.6 is 0 Å². The summed E-state index contributed by atoms with van der Waals surface area (Å²) in [5.41, 5.74) is 0.555. The molecule has 6 heteroatoms. The van der Waals surface area contributed by atoms with Crippen molar-refractivity contribution in [1.29, 1.82) is 0 Å². The normalized spacial score (nSPS) is 15.6. The molecule has 1 fully saturated rings. The third-order valence-corrected chi connectivity index (χ3v) is 5.16. The number of ether oxygens (including phenoxy) is 1.